The van der Waals surface area contributed by atoms with E-state index in [4.69, 9.17) is 4.74 Å². The number of ether oxygens (including phenoxy) is 1. The Bertz CT molecular complexity index is 1210. The van der Waals surface area contributed by atoms with Crippen molar-refractivity contribution in [3.63, 3.8) is 0 Å². The molecule has 0 aliphatic carbocycles. The van der Waals surface area contributed by atoms with E-state index in [0.717, 1.165) is 29.2 Å². The highest BCUT2D eigenvalue weighted by Gasteiger charge is 2.28. The molecule has 1 N–H and O–H groups in total. The summed E-state index contributed by atoms with van der Waals surface area (Å²) in [6.45, 7) is 1.38. The second kappa shape index (κ2) is 9.37. The molecular formula is C26H23FN2O3S. The van der Waals surface area contributed by atoms with Gasteiger partial charge in [-0.2, -0.15) is 0 Å². The first-order valence-corrected chi connectivity index (χ1v) is 11.8. The van der Waals surface area contributed by atoms with Crippen LogP contribution in [-0.4, -0.2) is 31.1 Å². The second-order valence-corrected chi connectivity index (χ2v) is 9.23. The molecule has 168 valence electrons. The molecule has 3 aromatic carbocycles. The molecule has 2 heterocycles. The highest BCUT2D eigenvalue weighted by molar-refractivity contribution is 7.99. The number of hydrogen-bond donors (Lipinski definition) is 1. The third-order valence-corrected chi connectivity index (χ3v) is 6.98. The molecule has 1 saturated heterocycles. The maximum absolute atomic E-state index is 13.8. The van der Waals surface area contributed by atoms with Gasteiger partial charge in [-0.05, 0) is 60.9 Å². The Morgan fingerprint density at radius 2 is 1.97 bits per heavy atom. The molecule has 0 radical (unpaired) electrons. The summed E-state index contributed by atoms with van der Waals surface area (Å²) in [7, 11) is 0. The third kappa shape index (κ3) is 4.65. The topological polar surface area (TPSA) is 58.6 Å². The normalized spacial score (nSPS) is 17.3. The zero-order valence-electron chi connectivity index (χ0n) is 17.9. The van der Waals surface area contributed by atoms with E-state index in [1.165, 1.54) is 23.9 Å². The van der Waals surface area contributed by atoms with Crippen LogP contribution in [-0.2, 0) is 11.3 Å². The molecule has 0 bridgehead atoms. The lowest BCUT2D eigenvalue weighted by Crippen LogP contribution is -2.33. The van der Waals surface area contributed by atoms with Crippen LogP contribution in [0.3, 0.4) is 0 Å². The van der Waals surface area contributed by atoms with Gasteiger partial charge in [0.15, 0.2) is 0 Å². The highest BCUT2D eigenvalue weighted by atomic mass is 32.2. The minimum atomic E-state index is -0.355. The van der Waals surface area contributed by atoms with Crippen LogP contribution in [0.15, 0.2) is 76.5 Å². The van der Waals surface area contributed by atoms with E-state index in [0.29, 0.717) is 28.9 Å². The Kier molecular flexibility index (Phi) is 6.15. The maximum Gasteiger partial charge on any atom is 0.259 e. The summed E-state index contributed by atoms with van der Waals surface area (Å²) in [5, 5.41) is 2.94. The van der Waals surface area contributed by atoms with Crippen LogP contribution >= 0.6 is 11.8 Å². The molecule has 3 aromatic rings. The SMILES string of the molecule is O=C(NC[C@@H]1CCCO1)c1ccc2c(c1)N(Cc1cccc(F)c1)C(=O)c1ccccc1S2. The Labute approximate surface area is 195 Å². The number of amides is 2. The average molecular weight is 463 g/mol. The van der Waals surface area contributed by atoms with Crippen molar-refractivity contribution >= 4 is 29.3 Å². The number of hydrogen-bond acceptors (Lipinski definition) is 4. The number of anilines is 1. The monoisotopic (exact) mass is 462 g/mol. The molecule has 2 aliphatic rings. The van der Waals surface area contributed by atoms with Crippen molar-refractivity contribution < 1.29 is 18.7 Å². The number of rotatable bonds is 5. The van der Waals surface area contributed by atoms with Crippen LogP contribution in [0, 0.1) is 5.82 Å². The van der Waals surface area contributed by atoms with Crippen LogP contribution in [0.5, 0.6) is 0 Å². The predicted molar refractivity (Wildman–Crippen MR) is 125 cm³/mol. The molecule has 0 saturated carbocycles. The summed E-state index contributed by atoms with van der Waals surface area (Å²) < 4.78 is 19.4. The van der Waals surface area contributed by atoms with Crippen LogP contribution in [0.25, 0.3) is 0 Å². The molecule has 2 aliphatic heterocycles. The summed E-state index contributed by atoms with van der Waals surface area (Å²) in [5.41, 5.74) is 2.36. The van der Waals surface area contributed by atoms with E-state index >= 15 is 0 Å². The molecule has 1 fully saturated rings. The zero-order chi connectivity index (χ0) is 22.8. The standard InChI is InChI=1S/C26H23FN2O3S/c27-19-6-3-5-17(13-19)16-29-22-14-18(25(30)28-15-20-7-4-12-32-20)10-11-24(22)33-23-9-2-1-8-21(23)26(29)31/h1-3,5-6,8-11,13-14,20H,4,7,12,15-16H2,(H,28,30)/t20-/m0/s1. The molecule has 0 spiro atoms. The fraction of sp³-hybridized carbons (Fsp3) is 0.231. The summed E-state index contributed by atoms with van der Waals surface area (Å²) in [4.78, 5) is 29.8. The van der Waals surface area contributed by atoms with Crippen molar-refractivity contribution in [2.24, 2.45) is 0 Å². The van der Waals surface area contributed by atoms with Crippen molar-refractivity contribution in [3.8, 4) is 0 Å². The average Bonchev–Trinajstić information content (AvgIpc) is 3.31. The molecule has 5 rings (SSSR count). The minimum Gasteiger partial charge on any atom is -0.376 e. The molecule has 0 unspecified atom stereocenters. The second-order valence-electron chi connectivity index (χ2n) is 8.15. The van der Waals surface area contributed by atoms with Gasteiger partial charge in [-0.3, -0.25) is 9.59 Å². The Morgan fingerprint density at radius 1 is 1.09 bits per heavy atom. The molecular weight excluding hydrogens is 439 g/mol. The lowest BCUT2D eigenvalue weighted by molar-refractivity contribution is 0.0857. The minimum absolute atomic E-state index is 0.0471. The number of carbonyl (C=O) groups is 2. The molecule has 7 heteroatoms. The van der Waals surface area contributed by atoms with Crippen LogP contribution < -0.4 is 10.2 Å². The van der Waals surface area contributed by atoms with Gasteiger partial charge in [-0.1, -0.05) is 36.0 Å². The highest BCUT2D eigenvalue weighted by Crippen LogP contribution is 2.42. The fourth-order valence-corrected chi connectivity index (χ4v) is 5.21. The number of nitrogens with one attached hydrogen (secondary N) is 1. The van der Waals surface area contributed by atoms with Gasteiger partial charge >= 0.3 is 0 Å². The predicted octanol–water partition coefficient (Wildman–Crippen LogP) is 5.05. The van der Waals surface area contributed by atoms with Crippen molar-refractivity contribution in [2.75, 3.05) is 18.1 Å². The maximum atomic E-state index is 13.8. The molecule has 5 nitrogen and oxygen atoms in total. The van der Waals surface area contributed by atoms with Crippen molar-refractivity contribution in [1.82, 2.24) is 5.32 Å². The van der Waals surface area contributed by atoms with Gasteiger partial charge in [0.25, 0.3) is 11.8 Å². The summed E-state index contributed by atoms with van der Waals surface area (Å²) in [6, 6.07) is 19.0. The van der Waals surface area contributed by atoms with E-state index in [1.54, 1.807) is 35.2 Å². The van der Waals surface area contributed by atoms with Gasteiger partial charge in [0.05, 0.1) is 23.9 Å². The number of carbonyl (C=O) groups excluding carboxylic acids is 2. The smallest absolute Gasteiger partial charge is 0.259 e. The van der Waals surface area contributed by atoms with E-state index in [-0.39, 0.29) is 30.3 Å². The van der Waals surface area contributed by atoms with Gasteiger partial charge in [0.2, 0.25) is 0 Å². The van der Waals surface area contributed by atoms with Gasteiger partial charge in [-0.25, -0.2) is 4.39 Å². The quantitative estimate of drug-likeness (QED) is 0.577. The van der Waals surface area contributed by atoms with Crippen molar-refractivity contribution in [2.45, 2.75) is 35.3 Å². The van der Waals surface area contributed by atoms with E-state index in [2.05, 4.69) is 5.32 Å². The first kappa shape index (κ1) is 21.7. The lowest BCUT2D eigenvalue weighted by Gasteiger charge is -2.24. The molecule has 0 aromatic heterocycles. The summed E-state index contributed by atoms with van der Waals surface area (Å²) >= 11 is 1.49. The van der Waals surface area contributed by atoms with Crippen molar-refractivity contribution in [3.05, 3.63) is 89.2 Å². The largest absolute Gasteiger partial charge is 0.376 e. The van der Waals surface area contributed by atoms with E-state index in [1.807, 2.05) is 24.3 Å². The van der Waals surface area contributed by atoms with E-state index < -0.39 is 0 Å². The lowest BCUT2D eigenvalue weighted by atomic mass is 10.1. The number of halogens is 1. The van der Waals surface area contributed by atoms with Crippen LogP contribution in [0.1, 0.15) is 39.1 Å². The summed E-state index contributed by atoms with van der Waals surface area (Å²) in [6.07, 6.45) is 2.00. The van der Waals surface area contributed by atoms with Gasteiger partial charge in [0, 0.05) is 28.5 Å². The Hall–Kier alpha value is -3.16. The van der Waals surface area contributed by atoms with E-state index in [9.17, 15) is 14.0 Å². The van der Waals surface area contributed by atoms with Crippen LogP contribution in [0.2, 0.25) is 0 Å². The van der Waals surface area contributed by atoms with Gasteiger partial charge < -0.3 is 15.0 Å². The number of benzene rings is 3. The molecule has 1 atom stereocenters. The van der Waals surface area contributed by atoms with Gasteiger partial charge in [0.1, 0.15) is 5.82 Å². The van der Waals surface area contributed by atoms with Gasteiger partial charge in [-0.15, -0.1) is 0 Å². The van der Waals surface area contributed by atoms with Crippen LogP contribution in [0.4, 0.5) is 10.1 Å². The Morgan fingerprint density at radius 3 is 2.79 bits per heavy atom. The number of nitrogens with zero attached hydrogens (tertiary/aromatic N) is 1. The zero-order valence-corrected chi connectivity index (χ0v) is 18.7. The number of fused-ring (bicyclic) bond motifs is 2. The summed E-state index contributed by atoms with van der Waals surface area (Å²) in [5.74, 6) is -0.747. The first-order chi connectivity index (χ1) is 16.1. The molecule has 2 amide bonds. The first-order valence-electron chi connectivity index (χ1n) is 11.0. The third-order valence-electron chi connectivity index (χ3n) is 5.84. The Balaban J connectivity index is 1.49. The fourth-order valence-electron chi connectivity index (χ4n) is 4.15. The molecule has 33 heavy (non-hydrogen) atoms. The van der Waals surface area contributed by atoms with Crippen molar-refractivity contribution in [1.29, 1.82) is 0 Å².